The molecule has 11 heteroatoms. The number of phosphoric ester groups is 1. The van der Waals surface area contributed by atoms with Gasteiger partial charge in [0.15, 0.2) is 0 Å². The van der Waals surface area contributed by atoms with Gasteiger partial charge in [-0.25, -0.2) is 4.98 Å². The molecule has 0 radical (unpaired) electrons. The molecule has 0 aliphatic heterocycles. The first-order valence-corrected chi connectivity index (χ1v) is 11.2. The zero-order chi connectivity index (χ0) is 21.0. The van der Waals surface area contributed by atoms with E-state index in [0.717, 1.165) is 10.2 Å². The van der Waals surface area contributed by atoms with Crippen molar-refractivity contribution in [2.45, 2.75) is 13.8 Å². The van der Waals surface area contributed by atoms with Crippen LogP contribution in [0.5, 0.6) is 5.75 Å². The molecule has 3 rings (SSSR count). The minimum atomic E-state index is -5.27. The van der Waals surface area contributed by atoms with Crippen molar-refractivity contribution >= 4 is 46.7 Å². The largest absolute Gasteiger partial charge is 1.00 e. The number of hydrogen-bond donors (Lipinski definition) is 0. The van der Waals surface area contributed by atoms with Gasteiger partial charge in [0.25, 0.3) is 0 Å². The number of thiazole rings is 1. The standard InChI is InChI=1S/C20H20N3O4PS.2Na/c1-3-23(4-2)16-10-9-14(18(12-16)27-28(24,25)26)11-15(13-21)20-22-17-7-5-6-8-19(17)29-20;;/h5-12H,3-4H2,1-2H3,(H2,24,25,26);;/q;2*+1/p-2/b15-11+;;. The number of aromatic nitrogens is 1. The Balaban J connectivity index is 0.00000240. The van der Waals surface area contributed by atoms with E-state index in [2.05, 4.69) is 11.1 Å². The summed E-state index contributed by atoms with van der Waals surface area (Å²) < 4.78 is 16.9. The van der Waals surface area contributed by atoms with Gasteiger partial charge in [0, 0.05) is 30.4 Å². The van der Waals surface area contributed by atoms with Crippen LogP contribution < -0.4 is 78.3 Å². The molecule has 2 aromatic carbocycles. The monoisotopic (exact) mass is 473 g/mol. The zero-order valence-electron chi connectivity index (χ0n) is 17.9. The fourth-order valence-electron chi connectivity index (χ4n) is 2.91. The molecule has 7 nitrogen and oxygen atoms in total. The van der Waals surface area contributed by atoms with Gasteiger partial charge in [0.05, 0.1) is 15.8 Å². The average molecular weight is 473 g/mol. The van der Waals surface area contributed by atoms with Crippen LogP contribution >= 0.6 is 19.2 Å². The second-order valence-corrected chi connectivity index (χ2v) is 8.20. The van der Waals surface area contributed by atoms with Crippen LogP contribution in [0.4, 0.5) is 5.69 Å². The molecule has 0 bridgehead atoms. The molecule has 1 aromatic heterocycles. The molecule has 0 saturated carbocycles. The van der Waals surface area contributed by atoms with Crippen LogP contribution in [0.25, 0.3) is 21.9 Å². The van der Waals surface area contributed by atoms with Crippen LogP contribution in [0.1, 0.15) is 24.4 Å². The fourth-order valence-corrected chi connectivity index (χ4v) is 4.24. The van der Waals surface area contributed by atoms with Gasteiger partial charge in [-0.05, 0) is 44.2 Å². The summed E-state index contributed by atoms with van der Waals surface area (Å²) in [4.78, 5) is 29.0. The number of nitriles is 1. The summed E-state index contributed by atoms with van der Waals surface area (Å²) in [7, 11) is -5.27. The molecule has 0 atom stereocenters. The summed E-state index contributed by atoms with van der Waals surface area (Å²) in [6.07, 6.45) is 1.48. The van der Waals surface area contributed by atoms with E-state index in [0.29, 0.717) is 29.3 Å². The molecule has 3 aromatic rings. The number of phosphoric acid groups is 1. The molecule has 0 saturated heterocycles. The number of allylic oxidation sites excluding steroid dienone is 1. The van der Waals surface area contributed by atoms with Gasteiger partial charge in [-0.1, -0.05) is 12.1 Å². The molecule has 0 spiro atoms. The maximum Gasteiger partial charge on any atom is 1.00 e. The Morgan fingerprint density at radius 2 is 1.90 bits per heavy atom. The minimum absolute atomic E-state index is 0. The Bertz CT molecular complexity index is 1120. The second kappa shape index (κ2) is 12.5. The van der Waals surface area contributed by atoms with Crippen molar-refractivity contribution in [3.05, 3.63) is 53.0 Å². The van der Waals surface area contributed by atoms with Gasteiger partial charge < -0.3 is 23.8 Å². The van der Waals surface area contributed by atoms with E-state index in [1.54, 1.807) is 12.1 Å². The van der Waals surface area contributed by atoms with Crippen LogP contribution in [0, 0.1) is 11.3 Å². The third-order valence-electron chi connectivity index (χ3n) is 4.28. The summed E-state index contributed by atoms with van der Waals surface area (Å²) in [6, 6.07) is 14.5. The molecule has 0 amide bonds. The summed E-state index contributed by atoms with van der Waals surface area (Å²) in [6.45, 7) is 5.33. The van der Waals surface area contributed by atoms with Crippen LogP contribution in [0.3, 0.4) is 0 Å². The normalized spacial score (nSPS) is 11.3. The van der Waals surface area contributed by atoms with E-state index in [9.17, 15) is 19.6 Å². The number of anilines is 1. The number of para-hydroxylation sites is 1. The topological polar surface area (TPSA) is 112 Å². The van der Waals surface area contributed by atoms with Crippen LogP contribution in [-0.4, -0.2) is 18.1 Å². The van der Waals surface area contributed by atoms with Gasteiger partial charge in [-0.15, -0.1) is 11.3 Å². The fraction of sp³-hybridized carbons (Fsp3) is 0.200. The zero-order valence-corrected chi connectivity index (χ0v) is 23.6. The quantitative estimate of drug-likeness (QED) is 0.211. The van der Waals surface area contributed by atoms with Gasteiger partial charge >= 0.3 is 59.1 Å². The first-order valence-electron chi connectivity index (χ1n) is 8.93. The molecule has 0 aliphatic rings. The van der Waals surface area contributed by atoms with Crippen molar-refractivity contribution in [1.82, 2.24) is 4.98 Å². The van der Waals surface area contributed by atoms with E-state index >= 15 is 0 Å². The van der Waals surface area contributed by atoms with Crippen LogP contribution in [0.15, 0.2) is 42.5 Å². The first kappa shape index (κ1) is 28.3. The molecular formula is C20H18N3Na2O4PS. The number of rotatable bonds is 7. The summed E-state index contributed by atoms with van der Waals surface area (Å²) >= 11 is 1.35. The molecule has 0 aliphatic carbocycles. The van der Waals surface area contributed by atoms with Crippen molar-refractivity contribution in [1.29, 1.82) is 5.26 Å². The van der Waals surface area contributed by atoms with Gasteiger partial charge in [0.1, 0.15) is 24.6 Å². The Labute approximate surface area is 229 Å². The maximum absolute atomic E-state index is 11.3. The Morgan fingerprint density at radius 1 is 1.23 bits per heavy atom. The van der Waals surface area contributed by atoms with Crippen molar-refractivity contribution in [3.63, 3.8) is 0 Å². The van der Waals surface area contributed by atoms with Gasteiger partial charge in [0.2, 0.25) is 0 Å². The Kier molecular flexibility index (Phi) is 11.4. The predicted molar refractivity (Wildman–Crippen MR) is 111 cm³/mol. The van der Waals surface area contributed by atoms with Crippen molar-refractivity contribution in [2.24, 2.45) is 0 Å². The van der Waals surface area contributed by atoms with E-state index in [1.165, 1.54) is 23.5 Å². The molecule has 0 fully saturated rings. The SMILES string of the molecule is CCN(CC)c1ccc(/C=C(\C#N)c2nc3ccccc3s2)c(OP(=O)([O-])[O-])c1.[Na+].[Na+]. The molecule has 31 heavy (non-hydrogen) atoms. The Morgan fingerprint density at radius 3 is 2.48 bits per heavy atom. The van der Waals surface area contributed by atoms with E-state index < -0.39 is 7.82 Å². The van der Waals surface area contributed by atoms with E-state index in [-0.39, 0.29) is 70.4 Å². The van der Waals surface area contributed by atoms with Crippen LogP contribution in [0.2, 0.25) is 0 Å². The molecule has 1 heterocycles. The smallest absolute Gasteiger partial charge is 0.780 e. The number of hydrogen-bond acceptors (Lipinski definition) is 8. The molecule has 0 N–H and O–H groups in total. The van der Waals surface area contributed by atoms with Crippen molar-refractivity contribution < 1.29 is 78.0 Å². The third kappa shape index (κ3) is 7.41. The number of nitrogens with zero attached hydrogens (tertiary/aromatic N) is 3. The summed E-state index contributed by atoms with van der Waals surface area (Å²) in [5, 5.41) is 10.1. The number of benzene rings is 2. The van der Waals surface area contributed by atoms with Crippen LogP contribution in [-0.2, 0) is 4.57 Å². The predicted octanol–water partition coefficient (Wildman–Crippen LogP) is -2.58. The van der Waals surface area contributed by atoms with Gasteiger partial charge in [-0.2, -0.15) is 5.26 Å². The summed E-state index contributed by atoms with van der Waals surface area (Å²) in [5.41, 5.74) is 2.04. The van der Waals surface area contributed by atoms with E-state index in [4.69, 9.17) is 4.52 Å². The minimum Gasteiger partial charge on any atom is -0.780 e. The maximum atomic E-state index is 11.3. The summed E-state index contributed by atoms with van der Waals surface area (Å²) in [5.74, 6) is -0.114. The van der Waals surface area contributed by atoms with Crippen molar-refractivity contribution in [2.75, 3.05) is 18.0 Å². The second-order valence-electron chi connectivity index (χ2n) is 6.09. The average Bonchev–Trinajstić information content (AvgIpc) is 3.11. The molecule has 150 valence electrons. The van der Waals surface area contributed by atoms with Crippen molar-refractivity contribution in [3.8, 4) is 11.8 Å². The Hall–Kier alpha value is -0.690. The molecule has 0 unspecified atom stereocenters. The third-order valence-corrected chi connectivity index (χ3v) is 5.77. The van der Waals surface area contributed by atoms with Gasteiger partial charge in [-0.3, -0.25) is 0 Å². The number of fused-ring (bicyclic) bond motifs is 1. The van der Waals surface area contributed by atoms with E-state index in [1.807, 2.05) is 43.0 Å². The molecular weight excluding hydrogens is 455 g/mol. The first-order chi connectivity index (χ1) is 13.8.